The van der Waals surface area contributed by atoms with Crippen LogP contribution < -0.4 is 10.6 Å². The molecule has 1 aromatic heterocycles. The number of thiophene rings is 1. The molecule has 0 spiro atoms. The average Bonchev–Trinajstić information content (AvgIpc) is 2.82. The molecule has 84 valence electrons. The Morgan fingerprint density at radius 2 is 2.50 bits per heavy atom. The van der Waals surface area contributed by atoms with Gasteiger partial charge in [-0.1, -0.05) is 0 Å². The lowest BCUT2D eigenvalue weighted by Gasteiger charge is -2.15. The molecular formula is C10H11N3O2S. The molecule has 0 aromatic carbocycles. The number of carboxylic acid groups (broad SMARTS) is 1. The van der Waals surface area contributed by atoms with Crippen molar-refractivity contribution in [1.29, 1.82) is 5.26 Å². The maximum absolute atomic E-state index is 10.8. The third-order valence-corrected chi connectivity index (χ3v) is 3.74. The van der Waals surface area contributed by atoms with Gasteiger partial charge < -0.3 is 15.7 Å². The van der Waals surface area contributed by atoms with Gasteiger partial charge in [-0.05, 0) is 12.5 Å². The van der Waals surface area contributed by atoms with Crippen molar-refractivity contribution >= 4 is 22.3 Å². The van der Waals surface area contributed by atoms with E-state index in [0.29, 0.717) is 12.1 Å². The van der Waals surface area contributed by atoms with Crippen LogP contribution in [0.1, 0.15) is 21.7 Å². The van der Waals surface area contributed by atoms with E-state index in [2.05, 4.69) is 0 Å². The molecule has 1 aliphatic heterocycles. The van der Waals surface area contributed by atoms with Gasteiger partial charge in [-0.15, -0.1) is 11.3 Å². The topological polar surface area (TPSA) is 90.3 Å². The summed E-state index contributed by atoms with van der Waals surface area (Å²) in [5.74, 6) is -0.990. The molecule has 2 rings (SSSR count). The van der Waals surface area contributed by atoms with Crippen molar-refractivity contribution in [3.8, 4) is 6.07 Å². The summed E-state index contributed by atoms with van der Waals surface area (Å²) in [6.45, 7) is 1.48. The first-order chi connectivity index (χ1) is 7.61. The number of anilines is 1. The average molecular weight is 237 g/mol. The second kappa shape index (κ2) is 4.12. The van der Waals surface area contributed by atoms with Gasteiger partial charge in [0.2, 0.25) is 0 Å². The van der Waals surface area contributed by atoms with Crippen molar-refractivity contribution in [2.24, 2.45) is 5.73 Å². The van der Waals surface area contributed by atoms with Crippen LogP contribution in [0, 0.1) is 11.3 Å². The molecule has 1 aromatic rings. The Balaban J connectivity index is 2.33. The molecule has 3 N–H and O–H groups in total. The highest BCUT2D eigenvalue weighted by Crippen LogP contribution is 2.33. The van der Waals surface area contributed by atoms with Gasteiger partial charge >= 0.3 is 5.97 Å². The van der Waals surface area contributed by atoms with Crippen LogP contribution in [0.2, 0.25) is 0 Å². The van der Waals surface area contributed by atoms with Crippen LogP contribution in [-0.2, 0) is 0 Å². The van der Waals surface area contributed by atoms with Gasteiger partial charge in [0.15, 0.2) is 0 Å². The second-order valence-corrected chi connectivity index (χ2v) is 4.77. The molecule has 1 unspecified atom stereocenters. The highest BCUT2D eigenvalue weighted by Gasteiger charge is 2.24. The van der Waals surface area contributed by atoms with E-state index < -0.39 is 5.97 Å². The molecule has 1 saturated heterocycles. The Hall–Kier alpha value is -1.58. The zero-order valence-corrected chi connectivity index (χ0v) is 9.33. The van der Waals surface area contributed by atoms with Crippen LogP contribution in [-0.4, -0.2) is 30.2 Å². The lowest BCUT2D eigenvalue weighted by atomic mass is 10.3. The summed E-state index contributed by atoms with van der Waals surface area (Å²) in [4.78, 5) is 13.0. The fourth-order valence-corrected chi connectivity index (χ4v) is 2.76. The number of rotatable bonds is 2. The van der Waals surface area contributed by atoms with Gasteiger partial charge in [-0.3, -0.25) is 0 Å². The summed E-state index contributed by atoms with van der Waals surface area (Å²) in [6, 6.07) is 3.56. The van der Waals surface area contributed by atoms with E-state index in [0.717, 1.165) is 29.3 Å². The maximum Gasteiger partial charge on any atom is 0.345 e. The number of carboxylic acids is 1. The Labute approximate surface area is 96.7 Å². The third kappa shape index (κ3) is 1.87. The Morgan fingerprint density at radius 1 is 1.75 bits per heavy atom. The van der Waals surface area contributed by atoms with Crippen molar-refractivity contribution in [2.45, 2.75) is 12.5 Å². The summed E-state index contributed by atoms with van der Waals surface area (Å²) in [5.41, 5.74) is 6.21. The normalized spacial score (nSPS) is 19.8. The van der Waals surface area contributed by atoms with E-state index >= 15 is 0 Å². The van der Waals surface area contributed by atoms with Gasteiger partial charge in [0.25, 0.3) is 0 Å². The third-order valence-electron chi connectivity index (χ3n) is 2.56. The van der Waals surface area contributed by atoms with Crippen molar-refractivity contribution in [1.82, 2.24) is 0 Å². The van der Waals surface area contributed by atoms with E-state index in [1.165, 1.54) is 6.07 Å². The molecule has 0 radical (unpaired) electrons. The van der Waals surface area contributed by atoms with Gasteiger partial charge in [0, 0.05) is 19.1 Å². The van der Waals surface area contributed by atoms with Gasteiger partial charge in [0.05, 0.1) is 5.56 Å². The molecule has 1 atom stereocenters. The predicted molar refractivity (Wildman–Crippen MR) is 60.8 cm³/mol. The molecule has 6 heteroatoms. The maximum atomic E-state index is 10.8. The van der Waals surface area contributed by atoms with Crippen LogP contribution in [0.3, 0.4) is 0 Å². The number of carbonyl (C=O) groups is 1. The van der Waals surface area contributed by atoms with Crippen LogP contribution in [0.25, 0.3) is 0 Å². The fraction of sp³-hybridized carbons (Fsp3) is 0.400. The minimum atomic E-state index is -0.990. The van der Waals surface area contributed by atoms with E-state index in [4.69, 9.17) is 16.1 Å². The molecule has 5 nitrogen and oxygen atoms in total. The van der Waals surface area contributed by atoms with Crippen LogP contribution in [0.5, 0.6) is 0 Å². The monoisotopic (exact) mass is 237 g/mol. The molecule has 1 aliphatic rings. The molecule has 0 bridgehead atoms. The molecule has 1 fully saturated rings. The van der Waals surface area contributed by atoms with Crippen LogP contribution in [0.15, 0.2) is 6.07 Å². The summed E-state index contributed by atoms with van der Waals surface area (Å²) in [7, 11) is 0. The van der Waals surface area contributed by atoms with Crippen molar-refractivity contribution in [3.63, 3.8) is 0 Å². The first-order valence-corrected chi connectivity index (χ1v) is 5.71. The number of hydrogen-bond donors (Lipinski definition) is 2. The number of hydrogen-bond acceptors (Lipinski definition) is 5. The summed E-state index contributed by atoms with van der Waals surface area (Å²) < 4.78 is 0. The van der Waals surface area contributed by atoms with E-state index in [-0.39, 0.29) is 10.9 Å². The second-order valence-electron chi connectivity index (χ2n) is 3.74. The zero-order valence-electron chi connectivity index (χ0n) is 8.51. The summed E-state index contributed by atoms with van der Waals surface area (Å²) >= 11 is 1.14. The minimum Gasteiger partial charge on any atom is -0.477 e. The lowest BCUT2D eigenvalue weighted by Crippen LogP contribution is -2.26. The van der Waals surface area contributed by atoms with E-state index in [1.54, 1.807) is 0 Å². The highest BCUT2D eigenvalue weighted by atomic mass is 32.1. The Kier molecular flexibility index (Phi) is 2.81. The molecule has 0 saturated carbocycles. The molecule has 16 heavy (non-hydrogen) atoms. The molecule has 2 heterocycles. The Morgan fingerprint density at radius 3 is 3.00 bits per heavy atom. The zero-order chi connectivity index (χ0) is 11.7. The number of nitrogens with two attached hydrogens (primary N) is 1. The van der Waals surface area contributed by atoms with Crippen molar-refractivity contribution in [2.75, 3.05) is 18.0 Å². The smallest absolute Gasteiger partial charge is 0.345 e. The molecule has 0 aliphatic carbocycles. The van der Waals surface area contributed by atoms with Gasteiger partial charge in [0.1, 0.15) is 15.9 Å². The highest BCUT2D eigenvalue weighted by molar-refractivity contribution is 7.18. The van der Waals surface area contributed by atoms with Crippen molar-refractivity contribution in [3.05, 3.63) is 16.5 Å². The summed E-state index contributed by atoms with van der Waals surface area (Å²) in [5, 5.41) is 18.5. The first kappa shape index (κ1) is 10.9. The minimum absolute atomic E-state index is 0.113. The SMILES string of the molecule is N#Cc1cc(C(=O)O)sc1N1CCC(N)C1. The molecule has 0 amide bonds. The number of aromatic carboxylic acids is 1. The van der Waals surface area contributed by atoms with E-state index in [9.17, 15) is 4.79 Å². The quantitative estimate of drug-likeness (QED) is 0.796. The molecular weight excluding hydrogens is 226 g/mol. The Bertz CT molecular complexity index is 463. The first-order valence-electron chi connectivity index (χ1n) is 4.89. The van der Waals surface area contributed by atoms with Gasteiger partial charge in [-0.25, -0.2) is 4.79 Å². The number of nitrogens with zero attached hydrogens (tertiary/aromatic N) is 2. The fourth-order valence-electron chi connectivity index (χ4n) is 1.77. The van der Waals surface area contributed by atoms with Crippen LogP contribution in [0.4, 0.5) is 5.00 Å². The van der Waals surface area contributed by atoms with E-state index in [1.807, 2.05) is 11.0 Å². The summed E-state index contributed by atoms with van der Waals surface area (Å²) in [6.07, 6.45) is 0.880. The van der Waals surface area contributed by atoms with Crippen molar-refractivity contribution < 1.29 is 9.90 Å². The number of nitriles is 1. The predicted octanol–water partition coefficient (Wildman–Crippen LogP) is 0.855. The standard InChI is InChI=1S/C10H11N3O2S/c11-4-6-3-8(10(14)15)16-9(6)13-2-1-7(12)5-13/h3,7H,1-2,5,12H2,(H,14,15). The van der Waals surface area contributed by atoms with Gasteiger partial charge in [-0.2, -0.15) is 5.26 Å². The van der Waals surface area contributed by atoms with Crippen LogP contribution >= 0.6 is 11.3 Å². The largest absolute Gasteiger partial charge is 0.477 e. The lowest BCUT2D eigenvalue weighted by molar-refractivity contribution is 0.0702.